The second kappa shape index (κ2) is 5.91. The van der Waals surface area contributed by atoms with E-state index in [4.69, 9.17) is 0 Å². The third kappa shape index (κ3) is 4.26. The van der Waals surface area contributed by atoms with Crippen LogP contribution in [0, 0.1) is 0 Å². The number of likely N-dealkylation sites (N-methyl/N-ethyl adjacent to an activating group) is 1. The Hall–Kier alpha value is -0.670. The van der Waals surface area contributed by atoms with Gasteiger partial charge in [0.1, 0.15) is 0 Å². The Balaban J connectivity index is 0.00000121. The van der Waals surface area contributed by atoms with E-state index in [0.29, 0.717) is 0 Å². The zero-order valence-electron chi connectivity index (χ0n) is 7.40. The molecule has 0 aliphatic rings. The van der Waals surface area contributed by atoms with Crippen molar-refractivity contribution < 1.29 is 0 Å². The van der Waals surface area contributed by atoms with E-state index in [1.165, 1.54) is 0 Å². The molecule has 68 valence electrons. The quantitative estimate of drug-likeness (QED) is 0.707. The fraction of sp³-hybridized carbons (Fsp3) is 0.500. The fourth-order valence-electron chi connectivity index (χ4n) is 0.797. The topological polar surface area (TPSA) is 29.0 Å². The second-order valence-electron chi connectivity index (χ2n) is 2.75. The molecule has 0 N–H and O–H groups in total. The van der Waals surface area contributed by atoms with E-state index < -0.39 is 0 Å². The Bertz CT molecular complexity index is 201. The molecule has 0 saturated heterocycles. The van der Waals surface area contributed by atoms with Gasteiger partial charge in [0.15, 0.2) is 0 Å². The largest absolute Gasteiger partial charge is 0.309 e. The van der Waals surface area contributed by atoms with Crippen molar-refractivity contribution in [3.63, 3.8) is 0 Å². The number of hydrogen-bond acceptors (Lipinski definition) is 3. The van der Waals surface area contributed by atoms with Crippen LogP contribution in [0.3, 0.4) is 0 Å². The Morgan fingerprint density at radius 2 is 2.08 bits per heavy atom. The lowest BCUT2D eigenvalue weighted by Crippen LogP contribution is -2.15. The van der Waals surface area contributed by atoms with Gasteiger partial charge in [-0.2, -0.15) is 0 Å². The maximum Gasteiger partial charge on any atom is 0.0599 e. The van der Waals surface area contributed by atoms with E-state index in [0.717, 1.165) is 18.7 Å². The summed E-state index contributed by atoms with van der Waals surface area (Å²) >= 11 is 0. The van der Waals surface area contributed by atoms with Crippen LogP contribution in [0.25, 0.3) is 0 Å². The van der Waals surface area contributed by atoms with E-state index >= 15 is 0 Å². The summed E-state index contributed by atoms with van der Waals surface area (Å²) in [5.74, 6) is 0. The average Bonchev–Trinajstić information content (AvgIpc) is 2.03. The third-order valence-corrected chi connectivity index (χ3v) is 1.43. The molecule has 12 heavy (non-hydrogen) atoms. The molecule has 1 aromatic heterocycles. The van der Waals surface area contributed by atoms with Crippen LogP contribution in [0.2, 0.25) is 0 Å². The maximum absolute atomic E-state index is 4.16. The van der Waals surface area contributed by atoms with Crippen LogP contribution in [-0.2, 0) is 6.42 Å². The van der Waals surface area contributed by atoms with Crippen LogP contribution in [0.4, 0.5) is 0 Å². The van der Waals surface area contributed by atoms with Crippen molar-refractivity contribution in [1.82, 2.24) is 14.9 Å². The van der Waals surface area contributed by atoms with Crippen molar-refractivity contribution in [2.24, 2.45) is 0 Å². The number of aromatic nitrogens is 2. The van der Waals surface area contributed by atoms with Crippen molar-refractivity contribution in [2.75, 3.05) is 20.6 Å². The predicted octanol–water partition coefficient (Wildman–Crippen LogP) is 1.00. The Morgan fingerprint density at radius 3 is 2.58 bits per heavy atom. The van der Waals surface area contributed by atoms with Crippen LogP contribution >= 0.6 is 12.4 Å². The molecule has 1 aromatic rings. The van der Waals surface area contributed by atoms with E-state index in [1.807, 2.05) is 6.20 Å². The van der Waals surface area contributed by atoms with E-state index in [-0.39, 0.29) is 12.4 Å². The summed E-state index contributed by atoms with van der Waals surface area (Å²) in [6.45, 7) is 1.03. The lowest BCUT2D eigenvalue weighted by Gasteiger charge is -2.07. The molecule has 0 bridgehead atoms. The Kier molecular flexibility index (Phi) is 5.58. The van der Waals surface area contributed by atoms with Crippen molar-refractivity contribution >= 4 is 12.4 Å². The van der Waals surface area contributed by atoms with E-state index in [9.17, 15) is 0 Å². The van der Waals surface area contributed by atoms with Gasteiger partial charge in [0, 0.05) is 31.6 Å². The minimum Gasteiger partial charge on any atom is -0.309 e. The smallest absolute Gasteiger partial charge is 0.0599 e. The number of nitrogens with zero attached hydrogens (tertiary/aromatic N) is 3. The van der Waals surface area contributed by atoms with Gasteiger partial charge in [0.2, 0.25) is 0 Å². The lowest BCUT2D eigenvalue weighted by atomic mass is 10.3. The summed E-state index contributed by atoms with van der Waals surface area (Å²) < 4.78 is 0. The van der Waals surface area contributed by atoms with Crippen molar-refractivity contribution in [3.8, 4) is 0 Å². The summed E-state index contributed by atoms with van der Waals surface area (Å²) in [4.78, 5) is 10.3. The maximum atomic E-state index is 4.16. The van der Waals surface area contributed by atoms with E-state index in [1.54, 1.807) is 12.4 Å². The van der Waals surface area contributed by atoms with Crippen molar-refractivity contribution in [1.29, 1.82) is 0 Å². The molecular weight excluding hydrogens is 174 g/mol. The van der Waals surface area contributed by atoms with Crippen LogP contribution in [0.5, 0.6) is 0 Å². The molecular formula is C8H14ClN3. The molecule has 1 rings (SSSR count). The van der Waals surface area contributed by atoms with Crippen LogP contribution in [-0.4, -0.2) is 35.5 Å². The Labute approximate surface area is 79.2 Å². The summed E-state index contributed by atoms with van der Waals surface area (Å²) in [5.41, 5.74) is 1.06. The monoisotopic (exact) mass is 187 g/mol. The summed E-state index contributed by atoms with van der Waals surface area (Å²) in [6, 6.07) is 0. The molecule has 0 aliphatic heterocycles. The zero-order chi connectivity index (χ0) is 8.10. The fourth-order valence-corrected chi connectivity index (χ4v) is 0.797. The molecule has 3 nitrogen and oxygen atoms in total. The molecule has 0 aromatic carbocycles. The lowest BCUT2D eigenvalue weighted by molar-refractivity contribution is 0.411. The molecule has 0 aliphatic carbocycles. The molecule has 0 spiro atoms. The number of rotatable bonds is 3. The van der Waals surface area contributed by atoms with Gasteiger partial charge in [0.05, 0.1) is 5.69 Å². The molecule has 0 fully saturated rings. The molecule has 0 radical (unpaired) electrons. The minimum atomic E-state index is 0. The second-order valence-corrected chi connectivity index (χ2v) is 2.75. The van der Waals surface area contributed by atoms with Gasteiger partial charge in [-0.25, -0.2) is 0 Å². The number of halogens is 1. The van der Waals surface area contributed by atoms with Crippen molar-refractivity contribution in [3.05, 3.63) is 24.3 Å². The summed E-state index contributed by atoms with van der Waals surface area (Å²) in [6.07, 6.45) is 6.20. The standard InChI is InChI=1S/C8H13N3.ClH/c1-11(2)6-3-8-7-9-4-5-10-8;/h4-5,7H,3,6H2,1-2H3;1H. The van der Waals surface area contributed by atoms with Crippen LogP contribution in [0.1, 0.15) is 5.69 Å². The molecule has 0 amide bonds. The van der Waals surface area contributed by atoms with Gasteiger partial charge in [-0.05, 0) is 14.1 Å². The van der Waals surface area contributed by atoms with Crippen LogP contribution in [0.15, 0.2) is 18.6 Å². The first-order valence-corrected chi connectivity index (χ1v) is 3.68. The molecule has 4 heteroatoms. The highest BCUT2D eigenvalue weighted by Crippen LogP contribution is 1.91. The normalized spacial score (nSPS) is 9.58. The zero-order valence-corrected chi connectivity index (χ0v) is 8.21. The molecule has 0 saturated carbocycles. The summed E-state index contributed by atoms with van der Waals surface area (Å²) in [5, 5.41) is 0. The van der Waals surface area contributed by atoms with Gasteiger partial charge in [-0.1, -0.05) is 0 Å². The average molecular weight is 188 g/mol. The highest BCUT2D eigenvalue weighted by atomic mass is 35.5. The summed E-state index contributed by atoms with van der Waals surface area (Å²) in [7, 11) is 4.10. The van der Waals surface area contributed by atoms with Gasteiger partial charge in [-0.15, -0.1) is 12.4 Å². The van der Waals surface area contributed by atoms with Crippen LogP contribution < -0.4 is 0 Å². The van der Waals surface area contributed by atoms with Gasteiger partial charge >= 0.3 is 0 Å². The van der Waals surface area contributed by atoms with Gasteiger partial charge < -0.3 is 4.90 Å². The first-order valence-electron chi connectivity index (χ1n) is 3.68. The van der Waals surface area contributed by atoms with Crippen molar-refractivity contribution in [2.45, 2.75) is 6.42 Å². The first-order chi connectivity index (χ1) is 5.29. The molecule has 0 unspecified atom stereocenters. The minimum absolute atomic E-state index is 0. The third-order valence-electron chi connectivity index (χ3n) is 1.43. The SMILES string of the molecule is CN(C)CCc1cnccn1.Cl. The number of hydrogen-bond donors (Lipinski definition) is 0. The molecule has 0 atom stereocenters. The van der Waals surface area contributed by atoms with Gasteiger partial charge in [0.25, 0.3) is 0 Å². The highest BCUT2D eigenvalue weighted by molar-refractivity contribution is 5.85. The van der Waals surface area contributed by atoms with Gasteiger partial charge in [-0.3, -0.25) is 9.97 Å². The first kappa shape index (κ1) is 11.3. The predicted molar refractivity (Wildman–Crippen MR) is 51.5 cm³/mol. The highest BCUT2D eigenvalue weighted by Gasteiger charge is 1.93. The molecule has 1 heterocycles. The van der Waals surface area contributed by atoms with E-state index in [2.05, 4.69) is 29.0 Å². The Morgan fingerprint density at radius 1 is 1.33 bits per heavy atom.